The van der Waals surface area contributed by atoms with Gasteiger partial charge in [-0.25, -0.2) is 21.8 Å². The summed E-state index contributed by atoms with van der Waals surface area (Å²) in [5, 5.41) is 6.16. The molecule has 0 atom stereocenters. The fourth-order valence-corrected chi connectivity index (χ4v) is 3.31. The van der Waals surface area contributed by atoms with E-state index in [1.165, 1.54) is 6.20 Å². The van der Waals surface area contributed by atoms with Crippen molar-refractivity contribution in [1.29, 1.82) is 0 Å². The van der Waals surface area contributed by atoms with E-state index in [2.05, 4.69) is 20.2 Å². The second-order valence-corrected chi connectivity index (χ2v) is 8.35. The first kappa shape index (κ1) is 26.8. The summed E-state index contributed by atoms with van der Waals surface area (Å²) >= 11 is 0. The van der Waals surface area contributed by atoms with Crippen molar-refractivity contribution in [3.63, 3.8) is 0 Å². The van der Waals surface area contributed by atoms with E-state index in [9.17, 15) is 25.9 Å². The largest absolute Gasteiger partial charge is 1.00 e. The number of hydrogen-bond donors (Lipinski definition) is 0. The van der Waals surface area contributed by atoms with Gasteiger partial charge in [-0.3, -0.25) is 4.98 Å². The molecule has 154 valence electrons. The number of furan rings is 2. The Labute approximate surface area is 225 Å². The van der Waals surface area contributed by atoms with Gasteiger partial charge in [0.05, 0.1) is 0 Å². The fraction of sp³-hybridized carbons (Fsp3) is 0. The predicted octanol–water partition coefficient (Wildman–Crippen LogP) is -4.73. The van der Waals surface area contributed by atoms with Crippen molar-refractivity contribution in [2.45, 2.75) is 10.2 Å². The molecule has 0 aliphatic rings. The maximum atomic E-state index is 11.2. The van der Waals surface area contributed by atoms with Crippen LogP contribution in [-0.2, 0) is 20.2 Å². The Hall–Kier alpha value is -1.46. The van der Waals surface area contributed by atoms with Gasteiger partial charge in [-0.1, -0.05) is 6.07 Å². The molecular weight excluding hydrogens is 486 g/mol. The summed E-state index contributed by atoms with van der Waals surface area (Å²) in [6, 6.07) is 7.95. The summed E-state index contributed by atoms with van der Waals surface area (Å²) in [6.07, 6.45) is 2.44. The molecule has 0 radical (unpaired) electrons. The monoisotopic (exact) mass is 494 g/mol. The van der Waals surface area contributed by atoms with Crippen LogP contribution in [0.5, 0.6) is 0 Å². The van der Waals surface area contributed by atoms with Crippen molar-refractivity contribution in [3.8, 4) is 34.2 Å². The summed E-state index contributed by atoms with van der Waals surface area (Å²) < 4.78 is 76.9. The number of pyridine rings is 1. The van der Waals surface area contributed by atoms with Crippen LogP contribution in [0.25, 0.3) is 34.2 Å². The summed E-state index contributed by atoms with van der Waals surface area (Å²) in [4.78, 5) is 8.36. The van der Waals surface area contributed by atoms with Gasteiger partial charge in [-0.2, -0.15) is 0 Å². The van der Waals surface area contributed by atoms with E-state index in [4.69, 9.17) is 8.83 Å². The number of hydrogen-bond acceptors (Lipinski definition) is 12. The molecule has 4 aromatic rings. The first-order valence-corrected chi connectivity index (χ1v) is 10.7. The van der Waals surface area contributed by atoms with Gasteiger partial charge in [0.1, 0.15) is 17.7 Å². The Morgan fingerprint density at radius 1 is 0.844 bits per heavy atom. The Bertz CT molecular complexity index is 1450. The molecule has 0 N–H and O–H groups in total. The molecular formula is C16H8N4Na2O8S2. The van der Waals surface area contributed by atoms with Crippen molar-refractivity contribution < 1.29 is 93.9 Å². The van der Waals surface area contributed by atoms with Crippen molar-refractivity contribution in [2.75, 3.05) is 0 Å². The molecule has 0 spiro atoms. The Morgan fingerprint density at radius 2 is 1.56 bits per heavy atom. The molecule has 4 rings (SSSR count). The van der Waals surface area contributed by atoms with Crippen LogP contribution < -0.4 is 59.1 Å². The zero-order chi connectivity index (χ0) is 21.5. The normalized spacial score (nSPS) is 11.4. The van der Waals surface area contributed by atoms with Gasteiger partial charge in [0.25, 0.3) is 0 Å². The maximum absolute atomic E-state index is 11.2. The average Bonchev–Trinajstić information content (AvgIpc) is 3.37. The van der Waals surface area contributed by atoms with Crippen LogP contribution in [0.15, 0.2) is 67.9 Å². The molecule has 32 heavy (non-hydrogen) atoms. The zero-order valence-electron chi connectivity index (χ0n) is 16.5. The Morgan fingerprint density at radius 3 is 2.12 bits per heavy atom. The summed E-state index contributed by atoms with van der Waals surface area (Å²) in [5.41, 5.74) is 0.184. The molecule has 0 saturated heterocycles. The minimum atomic E-state index is -4.88. The number of rotatable bonds is 5. The number of aromatic nitrogens is 4. The molecule has 0 bridgehead atoms. The minimum absolute atomic E-state index is 0. The second kappa shape index (κ2) is 10.2. The smallest absolute Gasteiger partial charge is 0.742 e. The van der Waals surface area contributed by atoms with Gasteiger partial charge in [0.2, 0.25) is 16.0 Å². The van der Waals surface area contributed by atoms with Crippen LogP contribution in [-0.4, -0.2) is 46.1 Å². The summed E-state index contributed by atoms with van der Waals surface area (Å²) in [5.74, 6) is -0.134. The first-order valence-electron chi connectivity index (χ1n) is 7.90. The van der Waals surface area contributed by atoms with Crippen LogP contribution in [0.1, 0.15) is 0 Å². The molecule has 16 heteroatoms. The van der Waals surface area contributed by atoms with E-state index >= 15 is 0 Å². The Balaban J connectivity index is 0.00000181. The van der Waals surface area contributed by atoms with Crippen molar-refractivity contribution >= 4 is 20.2 Å². The summed E-state index contributed by atoms with van der Waals surface area (Å²) in [7, 11) is -9.75. The zero-order valence-corrected chi connectivity index (χ0v) is 22.1. The van der Waals surface area contributed by atoms with E-state index in [1.54, 1.807) is 18.2 Å². The van der Waals surface area contributed by atoms with Crippen LogP contribution in [0.4, 0.5) is 0 Å². The van der Waals surface area contributed by atoms with Crippen LogP contribution in [0.2, 0.25) is 0 Å². The van der Waals surface area contributed by atoms with Gasteiger partial charge >= 0.3 is 59.1 Å². The van der Waals surface area contributed by atoms with Crippen molar-refractivity contribution in [2.24, 2.45) is 0 Å². The topological polar surface area (TPSA) is 192 Å². The van der Waals surface area contributed by atoms with Crippen molar-refractivity contribution in [3.05, 3.63) is 48.9 Å². The minimum Gasteiger partial charge on any atom is -0.742 e. The molecule has 0 aliphatic heterocycles. The third-order valence-electron chi connectivity index (χ3n) is 3.74. The average molecular weight is 494 g/mol. The van der Waals surface area contributed by atoms with Crippen LogP contribution in [0, 0.1) is 0 Å². The molecule has 0 amide bonds. The van der Waals surface area contributed by atoms with Gasteiger partial charge in [-0.05, 0) is 24.3 Å². The van der Waals surface area contributed by atoms with Gasteiger partial charge in [0.15, 0.2) is 31.7 Å². The number of nitrogens with zero attached hydrogens (tertiary/aromatic N) is 4. The molecule has 0 aliphatic carbocycles. The summed E-state index contributed by atoms with van der Waals surface area (Å²) in [6.45, 7) is 0. The first-order chi connectivity index (χ1) is 14.1. The molecule has 0 saturated carbocycles. The van der Waals surface area contributed by atoms with E-state index in [1.807, 2.05) is 0 Å². The molecule has 0 fully saturated rings. The van der Waals surface area contributed by atoms with Gasteiger partial charge in [-0.15, -0.1) is 10.2 Å². The maximum Gasteiger partial charge on any atom is 1.00 e. The van der Waals surface area contributed by atoms with Gasteiger partial charge < -0.3 is 17.9 Å². The fourth-order valence-electron chi connectivity index (χ4n) is 2.45. The third-order valence-corrected chi connectivity index (χ3v) is 5.16. The standard InChI is InChI=1S/C16H10N4O8S2.2Na/c21-29(22,23)12-5-4-11(28-12)15-14(9-7-13(27-8-9)30(24,25)26)18-16(20-19-15)10-3-1-2-6-17-10;;/h1-8H,(H,21,22,23)(H,24,25,26);;/q;2*+1/p-2. The van der Waals surface area contributed by atoms with E-state index < -0.39 is 30.4 Å². The molecule has 4 aromatic heterocycles. The van der Waals surface area contributed by atoms with E-state index in [0.29, 0.717) is 5.69 Å². The second-order valence-electron chi connectivity index (χ2n) is 5.73. The van der Waals surface area contributed by atoms with Gasteiger partial charge in [0, 0.05) is 17.8 Å². The predicted molar refractivity (Wildman–Crippen MR) is 94.4 cm³/mol. The molecule has 0 unspecified atom stereocenters. The van der Waals surface area contributed by atoms with Crippen LogP contribution >= 0.6 is 0 Å². The van der Waals surface area contributed by atoms with Crippen molar-refractivity contribution in [1.82, 2.24) is 20.2 Å². The van der Waals surface area contributed by atoms with E-state index in [-0.39, 0.29) is 87.7 Å². The van der Waals surface area contributed by atoms with Crippen LogP contribution in [0.3, 0.4) is 0 Å². The molecule has 12 nitrogen and oxygen atoms in total. The third kappa shape index (κ3) is 5.72. The van der Waals surface area contributed by atoms with E-state index in [0.717, 1.165) is 24.5 Å². The SMILES string of the molecule is O=S(=O)([O-])c1cc(-c2nc(-c3ccccn3)nnc2-c2ccc(S(=O)(=O)[O-])o2)co1.[Na+].[Na+]. The molecule has 4 heterocycles. The molecule has 0 aromatic carbocycles. The quantitative estimate of drug-likeness (QED) is 0.190. The Kier molecular flexibility index (Phi) is 8.55.